The van der Waals surface area contributed by atoms with Crippen molar-refractivity contribution in [1.82, 2.24) is 4.98 Å². The van der Waals surface area contributed by atoms with Crippen LogP contribution in [0.1, 0.15) is 15.9 Å². The number of hydrogen-bond acceptors (Lipinski definition) is 3. The monoisotopic (exact) mass is 278 g/mol. The third-order valence-corrected chi connectivity index (χ3v) is 3.26. The minimum absolute atomic E-state index is 0.00803. The number of amides is 1. The first-order valence-electron chi connectivity index (χ1n) is 6.62. The van der Waals surface area contributed by atoms with Crippen LogP contribution >= 0.6 is 0 Å². The first-order valence-corrected chi connectivity index (χ1v) is 6.62. The van der Waals surface area contributed by atoms with E-state index in [0.29, 0.717) is 11.3 Å². The molecule has 4 nitrogen and oxygen atoms in total. The number of pyridine rings is 1. The molecule has 2 aromatic carbocycles. The van der Waals surface area contributed by atoms with Gasteiger partial charge in [0.05, 0.1) is 12.1 Å². The number of aromatic nitrogens is 1. The molecule has 0 bridgehead atoms. The summed E-state index contributed by atoms with van der Waals surface area (Å²) in [6, 6.07) is 16.3. The van der Waals surface area contributed by atoms with Crippen LogP contribution in [0.15, 0.2) is 60.8 Å². The molecule has 0 aliphatic carbocycles. The second kappa shape index (κ2) is 5.73. The van der Waals surface area contributed by atoms with Gasteiger partial charge in [-0.05, 0) is 42.0 Å². The van der Waals surface area contributed by atoms with Crippen LogP contribution < -0.4 is 5.32 Å². The van der Waals surface area contributed by atoms with E-state index in [0.717, 1.165) is 16.5 Å². The fourth-order valence-corrected chi connectivity index (χ4v) is 2.11. The topological polar surface area (TPSA) is 62.2 Å². The highest BCUT2D eigenvalue weighted by Crippen LogP contribution is 2.15. The summed E-state index contributed by atoms with van der Waals surface area (Å²) in [6.07, 6.45) is 1.73. The minimum Gasteiger partial charge on any atom is -0.392 e. The molecule has 0 aliphatic heterocycles. The first kappa shape index (κ1) is 13.3. The van der Waals surface area contributed by atoms with Crippen molar-refractivity contribution in [2.45, 2.75) is 6.61 Å². The Bertz CT molecular complexity index is 782. The molecule has 3 aromatic rings. The molecule has 21 heavy (non-hydrogen) atoms. The summed E-state index contributed by atoms with van der Waals surface area (Å²) < 4.78 is 0. The lowest BCUT2D eigenvalue weighted by molar-refractivity contribution is 0.102. The Morgan fingerprint density at radius 1 is 1.10 bits per heavy atom. The Balaban J connectivity index is 1.82. The Morgan fingerprint density at radius 2 is 1.90 bits per heavy atom. The first-order chi connectivity index (χ1) is 10.3. The molecule has 0 spiro atoms. The quantitative estimate of drug-likeness (QED) is 0.774. The predicted octanol–water partition coefficient (Wildman–Crippen LogP) is 2.98. The van der Waals surface area contributed by atoms with E-state index in [4.69, 9.17) is 5.11 Å². The van der Waals surface area contributed by atoms with Gasteiger partial charge in [-0.25, -0.2) is 0 Å². The summed E-state index contributed by atoms with van der Waals surface area (Å²) in [5.41, 5.74) is 2.95. The van der Waals surface area contributed by atoms with Crippen LogP contribution in [0.2, 0.25) is 0 Å². The highest BCUT2D eigenvalue weighted by atomic mass is 16.3. The van der Waals surface area contributed by atoms with Gasteiger partial charge < -0.3 is 10.4 Å². The Morgan fingerprint density at radius 3 is 2.67 bits per heavy atom. The molecular formula is C17H14N2O2. The lowest BCUT2D eigenvalue weighted by atomic mass is 10.1. The van der Waals surface area contributed by atoms with Crippen molar-refractivity contribution in [2.24, 2.45) is 0 Å². The molecule has 0 atom stereocenters. The van der Waals surface area contributed by atoms with E-state index >= 15 is 0 Å². The highest BCUT2D eigenvalue weighted by molar-refractivity contribution is 6.06. The zero-order chi connectivity index (χ0) is 14.7. The van der Waals surface area contributed by atoms with Crippen LogP contribution in [0.4, 0.5) is 5.69 Å². The van der Waals surface area contributed by atoms with Crippen LogP contribution in [0.5, 0.6) is 0 Å². The second-order valence-corrected chi connectivity index (χ2v) is 4.72. The predicted molar refractivity (Wildman–Crippen MR) is 82.1 cm³/mol. The van der Waals surface area contributed by atoms with E-state index in [1.165, 1.54) is 0 Å². The fraction of sp³-hybridized carbons (Fsp3) is 0.0588. The van der Waals surface area contributed by atoms with Gasteiger partial charge in [-0.2, -0.15) is 0 Å². The Hall–Kier alpha value is -2.72. The normalized spacial score (nSPS) is 10.5. The Labute approximate surface area is 122 Å². The molecule has 2 N–H and O–H groups in total. The molecule has 0 unspecified atom stereocenters. The van der Waals surface area contributed by atoms with Gasteiger partial charge >= 0.3 is 0 Å². The van der Waals surface area contributed by atoms with E-state index < -0.39 is 0 Å². The second-order valence-electron chi connectivity index (χ2n) is 4.72. The lowest BCUT2D eigenvalue weighted by Crippen LogP contribution is -2.11. The maximum atomic E-state index is 12.2. The molecule has 3 rings (SSSR count). The van der Waals surface area contributed by atoms with Crippen molar-refractivity contribution in [2.75, 3.05) is 5.32 Å². The number of hydrogen-bond donors (Lipinski definition) is 2. The van der Waals surface area contributed by atoms with Crippen molar-refractivity contribution in [3.05, 3.63) is 71.9 Å². The van der Waals surface area contributed by atoms with Gasteiger partial charge in [-0.15, -0.1) is 0 Å². The molecule has 0 saturated carbocycles. The van der Waals surface area contributed by atoms with Gasteiger partial charge in [0.2, 0.25) is 0 Å². The third kappa shape index (κ3) is 2.90. The summed E-state index contributed by atoms with van der Waals surface area (Å²) >= 11 is 0. The lowest BCUT2D eigenvalue weighted by Gasteiger charge is -2.07. The van der Waals surface area contributed by atoms with Crippen LogP contribution in [0.3, 0.4) is 0 Å². The van der Waals surface area contributed by atoms with Gasteiger partial charge in [0, 0.05) is 22.8 Å². The summed E-state index contributed by atoms with van der Waals surface area (Å²) in [5.74, 6) is -0.169. The van der Waals surface area contributed by atoms with Gasteiger partial charge in [0.25, 0.3) is 5.91 Å². The number of benzene rings is 2. The number of aliphatic hydroxyl groups is 1. The zero-order valence-corrected chi connectivity index (χ0v) is 11.3. The number of anilines is 1. The van der Waals surface area contributed by atoms with Crippen LogP contribution in [-0.4, -0.2) is 16.0 Å². The van der Waals surface area contributed by atoms with E-state index in [9.17, 15) is 4.79 Å². The molecule has 0 aliphatic rings. The average molecular weight is 278 g/mol. The summed E-state index contributed by atoms with van der Waals surface area (Å²) in [6.45, 7) is -0.00803. The number of carbonyl (C=O) groups excluding carboxylic acids is 1. The van der Waals surface area contributed by atoms with Crippen molar-refractivity contribution >= 4 is 22.5 Å². The number of nitrogens with one attached hydrogen (secondary N) is 1. The number of fused-ring (bicyclic) bond motifs is 1. The van der Waals surface area contributed by atoms with Gasteiger partial charge in [0.15, 0.2) is 0 Å². The Kier molecular flexibility index (Phi) is 3.62. The molecule has 104 valence electrons. The molecular weight excluding hydrogens is 264 g/mol. The molecule has 1 amide bonds. The largest absolute Gasteiger partial charge is 0.392 e. The standard InChI is InChI=1S/C17H14N2O2/c20-11-12-3-6-15(7-4-12)19-17(21)14-5-8-16-13(10-14)2-1-9-18-16/h1-10,20H,11H2,(H,19,21). The molecule has 0 fully saturated rings. The summed E-state index contributed by atoms with van der Waals surface area (Å²) in [5, 5.41) is 12.8. The molecule has 4 heteroatoms. The maximum Gasteiger partial charge on any atom is 0.255 e. The average Bonchev–Trinajstić information content (AvgIpc) is 2.55. The SMILES string of the molecule is O=C(Nc1ccc(CO)cc1)c1ccc2ncccc2c1. The summed E-state index contributed by atoms with van der Waals surface area (Å²) in [4.78, 5) is 16.5. The number of rotatable bonds is 3. The number of aliphatic hydroxyl groups excluding tert-OH is 1. The molecule has 0 saturated heterocycles. The van der Waals surface area contributed by atoms with E-state index in [1.54, 1.807) is 36.5 Å². The number of carbonyl (C=O) groups is 1. The van der Waals surface area contributed by atoms with Gasteiger partial charge in [-0.3, -0.25) is 9.78 Å². The van der Waals surface area contributed by atoms with Crippen molar-refractivity contribution in [1.29, 1.82) is 0 Å². The minimum atomic E-state index is -0.169. The van der Waals surface area contributed by atoms with E-state index in [1.807, 2.05) is 24.3 Å². The van der Waals surface area contributed by atoms with Crippen LogP contribution in [0.25, 0.3) is 10.9 Å². The van der Waals surface area contributed by atoms with Crippen molar-refractivity contribution < 1.29 is 9.90 Å². The van der Waals surface area contributed by atoms with E-state index in [2.05, 4.69) is 10.3 Å². The van der Waals surface area contributed by atoms with Crippen LogP contribution in [-0.2, 0) is 6.61 Å². The van der Waals surface area contributed by atoms with E-state index in [-0.39, 0.29) is 12.5 Å². The maximum absolute atomic E-state index is 12.2. The van der Waals surface area contributed by atoms with Gasteiger partial charge in [-0.1, -0.05) is 18.2 Å². The number of nitrogens with zero attached hydrogens (tertiary/aromatic N) is 1. The van der Waals surface area contributed by atoms with Crippen molar-refractivity contribution in [3.63, 3.8) is 0 Å². The molecule has 1 aromatic heterocycles. The molecule has 1 heterocycles. The van der Waals surface area contributed by atoms with Crippen LogP contribution in [0, 0.1) is 0 Å². The summed E-state index contributed by atoms with van der Waals surface area (Å²) in [7, 11) is 0. The zero-order valence-electron chi connectivity index (χ0n) is 11.3. The smallest absolute Gasteiger partial charge is 0.255 e. The third-order valence-electron chi connectivity index (χ3n) is 3.26. The van der Waals surface area contributed by atoms with Crippen molar-refractivity contribution in [3.8, 4) is 0 Å². The molecule has 0 radical (unpaired) electrons. The fourth-order valence-electron chi connectivity index (χ4n) is 2.11. The highest BCUT2D eigenvalue weighted by Gasteiger charge is 2.07. The van der Waals surface area contributed by atoms with Gasteiger partial charge in [0.1, 0.15) is 0 Å².